The summed E-state index contributed by atoms with van der Waals surface area (Å²) in [5.41, 5.74) is 13.6. The zero-order valence-electron chi connectivity index (χ0n) is 24.4. The van der Waals surface area contributed by atoms with Gasteiger partial charge in [-0.1, -0.05) is 115 Å². The number of fused-ring (bicyclic) bond motifs is 3. The number of allylic oxidation sites excluding steroid dienone is 4. The summed E-state index contributed by atoms with van der Waals surface area (Å²) in [5, 5.41) is 0. The van der Waals surface area contributed by atoms with Gasteiger partial charge in [0.05, 0.1) is 5.69 Å². The van der Waals surface area contributed by atoms with Crippen LogP contribution in [-0.4, -0.2) is 0 Å². The predicted molar refractivity (Wildman–Crippen MR) is 185 cm³/mol. The average Bonchev–Trinajstić information content (AvgIpc) is 3.44. The zero-order chi connectivity index (χ0) is 29.3. The van der Waals surface area contributed by atoms with E-state index in [0.29, 0.717) is 5.92 Å². The molecule has 210 valence electrons. The van der Waals surface area contributed by atoms with Crippen LogP contribution in [0.5, 0.6) is 0 Å². The molecule has 8 rings (SSSR count). The molecule has 2 aliphatic rings. The lowest BCUT2D eigenvalue weighted by molar-refractivity contribution is 0.819. The van der Waals surface area contributed by atoms with Gasteiger partial charge >= 0.3 is 0 Å². The molecule has 6 aromatic rings. The van der Waals surface area contributed by atoms with Gasteiger partial charge in [0, 0.05) is 34.4 Å². The van der Waals surface area contributed by atoms with Crippen LogP contribution in [0.1, 0.15) is 17.9 Å². The Morgan fingerprint density at radius 3 is 1.61 bits per heavy atom. The number of hydrogen-bond donors (Lipinski definition) is 0. The maximum Gasteiger partial charge on any atom is 0.0503 e. The Balaban J connectivity index is 1.09. The average molecular weight is 565 g/mol. The van der Waals surface area contributed by atoms with Crippen molar-refractivity contribution in [2.24, 2.45) is 0 Å². The Hall–Kier alpha value is -5.60. The van der Waals surface area contributed by atoms with Gasteiger partial charge in [-0.25, -0.2) is 0 Å². The summed E-state index contributed by atoms with van der Waals surface area (Å²) in [5.74, 6) is 0.411. The number of hydrogen-bond acceptors (Lipinski definition) is 2. The van der Waals surface area contributed by atoms with Gasteiger partial charge in [0.2, 0.25) is 0 Å². The van der Waals surface area contributed by atoms with Gasteiger partial charge in [-0.15, -0.1) is 0 Å². The number of anilines is 5. The van der Waals surface area contributed by atoms with Crippen LogP contribution < -0.4 is 9.80 Å². The fraction of sp³-hybridized carbons (Fsp3) is 0.0476. The second-order valence-corrected chi connectivity index (χ2v) is 11.4. The van der Waals surface area contributed by atoms with Crippen LogP contribution in [0.15, 0.2) is 182 Å². The summed E-state index contributed by atoms with van der Waals surface area (Å²) in [7, 11) is 0. The van der Waals surface area contributed by atoms with Crippen LogP contribution in [-0.2, 0) is 0 Å². The Morgan fingerprint density at radius 1 is 0.500 bits per heavy atom. The maximum absolute atomic E-state index is 2.44. The molecular formula is C42H32N2. The van der Waals surface area contributed by atoms with E-state index in [2.05, 4.69) is 186 Å². The minimum absolute atomic E-state index is 0.411. The highest BCUT2D eigenvalue weighted by Gasteiger charge is 2.34. The van der Waals surface area contributed by atoms with Crippen molar-refractivity contribution in [1.82, 2.24) is 0 Å². The normalized spacial score (nSPS) is 15.0. The van der Waals surface area contributed by atoms with Crippen molar-refractivity contribution in [2.45, 2.75) is 12.3 Å². The van der Waals surface area contributed by atoms with Gasteiger partial charge in [-0.2, -0.15) is 0 Å². The van der Waals surface area contributed by atoms with E-state index in [-0.39, 0.29) is 0 Å². The lowest BCUT2D eigenvalue weighted by atomic mass is 9.91. The first kappa shape index (κ1) is 26.1. The number of benzene rings is 6. The first-order valence-corrected chi connectivity index (χ1v) is 15.3. The lowest BCUT2D eigenvalue weighted by Crippen LogP contribution is -2.14. The van der Waals surface area contributed by atoms with Gasteiger partial charge in [0.15, 0.2) is 0 Å². The Morgan fingerprint density at radius 2 is 1.00 bits per heavy atom. The highest BCUT2D eigenvalue weighted by molar-refractivity contribution is 5.84. The lowest BCUT2D eigenvalue weighted by Gasteiger charge is -2.25. The molecule has 2 nitrogen and oxygen atoms in total. The fourth-order valence-corrected chi connectivity index (χ4v) is 6.61. The predicted octanol–water partition coefficient (Wildman–Crippen LogP) is 11.6. The third-order valence-corrected chi connectivity index (χ3v) is 8.76. The molecule has 0 radical (unpaired) electrons. The van der Waals surface area contributed by atoms with Crippen LogP contribution in [0.25, 0.3) is 22.3 Å². The fourth-order valence-electron chi connectivity index (χ4n) is 6.61. The van der Waals surface area contributed by atoms with Crippen LogP contribution >= 0.6 is 0 Å². The van der Waals surface area contributed by atoms with E-state index in [1.807, 2.05) is 0 Å². The van der Waals surface area contributed by atoms with Crippen LogP contribution in [0.4, 0.5) is 28.4 Å². The van der Waals surface area contributed by atoms with Crippen molar-refractivity contribution in [1.29, 1.82) is 0 Å². The molecule has 1 aliphatic heterocycles. The van der Waals surface area contributed by atoms with Crippen LogP contribution in [0, 0.1) is 0 Å². The smallest absolute Gasteiger partial charge is 0.0503 e. The molecule has 1 atom stereocenters. The molecule has 0 saturated heterocycles. The molecule has 0 amide bonds. The largest absolute Gasteiger partial charge is 0.313 e. The number of nitrogens with zero attached hydrogens (tertiary/aromatic N) is 2. The number of para-hydroxylation sites is 3. The molecule has 0 aromatic heterocycles. The maximum atomic E-state index is 2.44. The van der Waals surface area contributed by atoms with Crippen molar-refractivity contribution in [3.63, 3.8) is 0 Å². The molecule has 0 N–H and O–H groups in total. The Bertz CT molecular complexity index is 1920. The highest BCUT2D eigenvalue weighted by Crippen LogP contribution is 2.51. The van der Waals surface area contributed by atoms with Crippen molar-refractivity contribution in [3.05, 3.63) is 187 Å². The molecule has 1 aliphatic carbocycles. The Labute approximate surface area is 259 Å². The summed E-state index contributed by atoms with van der Waals surface area (Å²) < 4.78 is 0. The minimum Gasteiger partial charge on any atom is -0.313 e. The topological polar surface area (TPSA) is 6.48 Å². The monoisotopic (exact) mass is 564 g/mol. The van der Waals surface area contributed by atoms with Crippen molar-refractivity contribution in [3.8, 4) is 22.3 Å². The van der Waals surface area contributed by atoms with E-state index in [0.717, 1.165) is 23.5 Å². The Kier molecular flexibility index (Phi) is 6.66. The second kappa shape index (κ2) is 11.2. The second-order valence-electron chi connectivity index (χ2n) is 11.4. The van der Waals surface area contributed by atoms with Crippen molar-refractivity contribution in [2.75, 3.05) is 9.80 Å². The molecule has 0 fully saturated rings. The van der Waals surface area contributed by atoms with Gasteiger partial charge < -0.3 is 9.80 Å². The van der Waals surface area contributed by atoms with E-state index < -0.39 is 0 Å². The summed E-state index contributed by atoms with van der Waals surface area (Å²) >= 11 is 0. The van der Waals surface area contributed by atoms with Crippen molar-refractivity contribution >= 4 is 28.4 Å². The molecule has 44 heavy (non-hydrogen) atoms. The SMILES string of the molecule is C1=CCC2C(=C1)N(c1ccccc1)c1cc(-c3ccc(-c4ccc(N(c5ccccc5)c5ccccc5)cc4)cc3)ccc12. The minimum atomic E-state index is 0.411. The quantitative estimate of drug-likeness (QED) is 0.198. The summed E-state index contributed by atoms with van der Waals surface area (Å²) in [6.45, 7) is 0. The van der Waals surface area contributed by atoms with E-state index in [9.17, 15) is 0 Å². The molecule has 0 spiro atoms. The summed E-state index contributed by atoms with van der Waals surface area (Å²) in [4.78, 5) is 4.73. The highest BCUT2D eigenvalue weighted by atomic mass is 15.2. The van der Waals surface area contributed by atoms with Crippen LogP contribution in [0.2, 0.25) is 0 Å². The molecule has 0 bridgehead atoms. The van der Waals surface area contributed by atoms with Crippen molar-refractivity contribution < 1.29 is 0 Å². The van der Waals surface area contributed by atoms with Gasteiger partial charge in [0.1, 0.15) is 0 Å². The van der Waals surface area contributed by atoms with E-state index >= 15 is 0 Å². The molecular weight excluding hydrogens is 532 g/mol. The molecule has 1 unspecified atom stereocenters. The first-order chi connectivity index (χ1) is 21.8. The van der Waals surface area contributed by atoms with Gasteiger partial charge in [0.25, 0.3) is 0 Å². The first-order valence-electron chi connectivity index (χ1n) is 15.3. The van der Waals surface area contributed by atoms with Gasteiger partial charge in [-0.3, -0.25) is 0 Å². The molecule has 0 saturated carbocycles. The standard InChI is InChI=1S/C42H32N2/c1-4-12-35(13-5-1)43(36-14-6-2-7-15-36)38-27-24-32(25-28-38)31-20-22-33(23-21-31)34-26-29-40-39-18-10-11-19-41(39)44(42(40)30-34)37-16-8-3-9-17-37/h1-17,19-30,39H,18H2. The zero-order valence-corrected chi connectivity index (χ0v) is 24.4. The van der Waals surface area contributed by atoms with E-state index in [4.69, 9.17) is 0 Å². The molecule has 2 heteroatoms. The van der Waals surface area contributed by atoms with Gasteiger partial charge in [-0.05, 0) is 94.9 Å². The third kappa shape index (κ3) is 4.71. The third-order valence-electron chi connectivity index (χ3n) is 8.76. The van der Waals surface area contributed by atoms with E-state index in [1.54, 1.807) is 0 Å². The van der Waals surface area contributed by atoms with E-state index in [1.165, 1.54) is 44.9 Å². The summed E-state index contributed by atoms with van der Waals surface area (Å²) in [6, 6.07) is 56.7. The van der Waals surface area contributed by atoms with Crippen LogP contribution in [0.3, 0.4) is 0 Å². The number of rotatable bonds is 6. The summed E-state index contributed by atoms with van der Waals surface area (Å²) in [6.07, 6.45) is 7.80. The molecule has 6 aromatic carbocycles. The molecule has 1 heterocycles.